The quantitative estimate of drug-likeness (QED) is 0.922. The molecule has 1 aliphatic carbocycles. The van der Waals surface area contributed by atoms with Crippen molar-refractivity contribution >= 4 is 0 Å². The normalized spacial score (nSPS) is 30.1. The molecule has 3 unspecified atom stereocenters. The Labute approximate surface area is 120 Å². The first-order valence-corrected chi connectivity index (χ1v) is 7.42. The average Bonchev–Trinajstić information content (AvgIpc) is 2.84. The predicted octanol–water partition coefficient (Wildman–Crippen LogP) is 3.05. The molecule has 0 radical (unpaired) electrons. The second-order valence-corrected chi connectivity index (χ2v) is 5.86. The van der Waals surface area contributed by atoms with Gasteiger partial charge in [-0.25, -0.2) is 0 Å². The van der Waals surface area contributed by atoms with Gasteiger partial charge in [-0.1, -0.05) is 18.9 Å². The Hall–Kier alpha value is -1.26. The van der Waals surface area contributed by atoms with Crippen molar-refractivity contribution in [3.8, 4) is 11.5 Å². The highest BCUT2D eigenvalue weighted by Crippen LogP contribution is 2.45. The van der Waals surface area contributed by atoms with E-state index in [1.807, 2.05) is 6.07 Å². The van der Waals surface area contributed by atoms with Crippen molar-refractivity contribution in [3.05, 3.63) is 23.8 Å². The lowest BCUT2D eigenvalue weighted by Crippen LogP contribution is -2.32. The molecule has 0 bridgehead atoms. The van der Waals surface area contributed by atoms with E-state index in [-0.39, 0.29) is 0 Å². The minimum atomic E-state index is 0.335. The predicted molar refractivity (Wildman–Crippen MR) is 76.5 cm³/mol. The third kappa shape index (κ3) is 2.27. The SMILES string of the molecule is COc1ccc(C2CN(O)C3CCCCC23)cc1OC. The number of hydrogen-bond acceptors (Lipinski definition) is 4. The lowest BCUT2D eigenvalue weighted by Gasteiger charge is -2.30. The van der Waals surface area contributed by atoms with Crippen LogP contribution in [-0.2, 0) is 0 Å². The van der Waals surface area contributed by atoms with Crippen molar-refractivity contribution in [2.45, 2.75) is 37.6 Å². The van der Waals surface area contributed by atoms with Gasteiger partial charge in [-0.3, -0.25) is 0 Å². The summed E-state index contributed by atoms with van der Waals surface area (Å²) in [5, 5.41) is 11.7. The fourth-order valence-corrected chi connectivity index (χ4v) is 3.89. The molecule has 4 heteroatoms. The zero-order valence-corrected chi connectivity index (χ0v) is 12.2. The minimum absolute atomic E-state index is 0.335. The minimum Gasteiger partial charge on any atom is -0.493 e. The smallest absolute Gasteiger partial charge is 0.160 e. The summed E-state index contributed by atoms with van der Waals surface area (Å²) in [5.74, 6) is 2.49. The first kappa shape index (κ1) is 13.7. The lowest BCUT2D eigenvalue weighted by molar-refractivity contribution is -0.114. The molecule has 1 aromatic carbocycles. The molecule has 3 rings (SSSR count). The maximum absolute atomic E-state index is 10.2. The molecule has 0 spiro atoms. The van der Waals surface area contributed by atoms with E-state index < -0.39 is 0 Å². The standard InChI is InChI=1S/C16H23NO3/c1-19-15-8-7-11(9-16(15)20-2)13-10-17(18)14-6-4-3-5-12(13)14/h7-9,12-14,18H,3-6,10H2,1-2H3. The Kier molecular flexibility index (Phi) is 3.85. The van der Waals surface area contributed by atoms with E-state index >= 15 is 0 Å². The van der Waals surface area contributed by atoms with E-state index in [1.165, 1.54) is 24.8 Å². The van der Waals surface area contributed by atoms with Crippen molar-refractivity contribution in [2.24, 2.45) is 5.92 Å². The van der Waals surface area contributed by atoms with Gasteiger partial charge in [0.2, 0.25) is 0 Å². The summed E-state index contributed by atoms with van der Waals surface area (Å²) < 4.78 is 10.7. The summed E-state index contributed by atoms with van der Waals surface area (Å²) >= 11 is 0. The highest BCUT2D eigenvalue weighted by Gasteiger charge is 2.43. The first-order chi connectivity index (χ1) is 9.74. The maximum atomic E-state index is 10.2. The molecule has 0 amide bonds. The summed E-state index contributed by atoms with van der Waals surface area (Å²) in [6.07, 6.45) is 4.83. The van der Waals surface area contributed by atoms with Crippen LogP contribution in [-0.4, -0.2) is 37.1 Å². The van der Waals surface area contributed by atoms with Gasteiger partial charge in [0.05, 0.1) is 14.2 Å². The molecule has 3 atom stereocenters. The highest BCUT2D eigenvalue weighted by molar-refractivity contribution is 5.44. The Morgan fingerprint density at radius 3 is 2.60 bits per heavy atom. The molecular formula is C16H23NO3. The van der Waals surface area contributed by atoms with E-state index in [1.54, 1.807) is 19.3 Å². The van der Waals surface area contributed by atoms with Crippen LogP contribution in [0.25, 0.3) is 0 Å². The molecule has 0 aromatic heterocycles. The Bertz CT molecular complexity index is 477. The Balaban J connectivity index is 1.88. The third-order valence-corrected chi connectivity index (χ3v) is 4.90. The number of hydroxylamine groups is 2. The summed E-state index contributed by atoms with van der Waals surface area (Å²) in [4.78, 5) is 0. The third-order valence-electron chi connectivity index (χ3n) is 4.90. The molecule has 20 heavy (non-hydrogen) atoms. The van der Waals surface area contributed by atoms with Crippen LogP contribution in [0.2, 0.25) is 0 Å². The van der Waals surface area contributed by atoms with Crippen LogP contribution >= 0.6 is 0 Å². The van der Waals surface area contributed by atoms with E-state index in [9.17, 15) is 5.21 Å². The molecule has 1 aliphatic heterocycles. The Morgan fingerprint density at radius 1 is 1.10 bits per heavy atom. The van der Waals surface area contributed by atoms with Crippen molar-refractivity contribution in [1.82, 2.24) is 5.06 Å². The van der Waals surface area contributed by atoms with Crippen molar-refractivity contribution < 1.29 is 14.7 Å². The molecule has 1 heterocycles. The summed E-state index contributed by atoms with van der Waals surface area (Å²) in [7, 11) is 3.32. The molecule has 1 N–H and O–H groups in total. The van der Waals surface area contributed by atoms with E-state index in [0.29, 0.717) is 17.9 Å². The number of benzene rings is 1. The van der Waals surface area contributed by atoms with Crippen LogP contribution in [0.4, 0.5) is 0 Å². The van der Waals surface area contributed by atoms with Crippen LogP contribution in [0.15, 0.2) is 18.2 Å². The number of ether oxygens (including phenoxy) is 2. The summed E-state index contributed by atoms with van der Waals surface area (Å²) in [5.41, 5.74) is 1.25. The zero-order chi connectivity index (χ0) is 14.1. The fraction of sp³-hybridized carbons (Fsp3) is 0.625. The van der Waals surface area contributed by atoms with Crippen molar-refractivity contribution in [1.29, 1.82) is 0 Å². The van der Waals surface area contributed by atoms with Crippen LogP contribution in [0.5, 0.6) is 11.5 Å². The van der Waals surface area contributed by atoms with Gasteiger partial charge in [-0.15, -0.1) is 0 Å². The van der Waals surface area contributed by atoms with Gasteiger partial charge in [0, 0.05) is 18.5 Å². The maximum Gasteiger partial charge on any atom is 0.160 e. The van der Waals surface area contributed by atoms with E-state index in [2.05, 4.69) is 12.1 Å². The molecule has 1 saturated heterocycles. The summed E-state index contributed by atoms with van der Waals surface area (Å²) in [6.45, 7) is 0.727. The number of fused-ring (bicyclic) bond motifs is 1. The zero-order valence-electron chi connectivity index (χ0n) is 12.2. The van der Waals surface area contributed by atoms with Crippen LogP contribution in [0, 0.1) is 5.92 Å². The molecule has 2 aliphatic rings. The van der Waals surface area contributed by atoms with Gasteiger partial charge in [0.1, 0.15) is 0 Å². The van der Waals surface area contributed by atoms with Crippen LogP contribution < -0.4 is 9.47 Å². The number of rotatable bonds is 3. The number of nitrogens with zero attached hydrogens (tertiary/aromatic N) is 1. The molecule has 110 valence electrons. The molecule has 1 aromatic rings. The van der Waals surface area contributed by atoms with Gasteiger partial charge in [0.25, 0.3) is 0 Å². The van der Waals surface area contributed by atoms with Gasteiger partial charge < -0.3 is 14.7 Å². The summed E-state index contributed by atoms with van der Waals surface area (Å²) in [6, 6.07) is 6.47. The number of hydrogen-bond donors (Lipinski definition) is 1. The largest absolute Gasteiger partial charge is 0.493 e. The second kappa shape index (κ2) is 5.62. The Morgan fingerprint density at radius 2 is 1.85 bits per heavy atom. The van der Waals surface area contributed by atoms with Gasteiger partial charge in [0.15, 0.2) is 11.5 Å². The monoisotopic (exact) mass is 277 g/mol. The first-order valence-electron chi connectivity index (χ1n) is 7.42. The van der Waals surface area contributed by atoms with Gasteiger partial charge >= 0.3 is 0 Å². The number of methoxy groups -OCH3 is 2. The highest BCUT2D eigenvalue weighted by atomic mass is 16.5. The second-order valence-electron chi connectivity index (χ2n) is 5.86. The van der Waals surface area contributed by atoms with Crippen LogP contribution in [0.3, 0.4) is 0 Å². The molecule has 2 fully saturated rings. The van der Waals surface area contributed by atoms with Crippen LogP contribution in [0.1, 0.15) is 37.2 Å². The lowest BCUT2D eigenvalue weighted by atomic mass is 9.77. The van der Waals surface area contributed by atoms with Crippen molar-refractivity contribution in [3.63, 3.8) is 0 Å². The van der Waals surface area contributed by atoms with E-state index in [0.717, 1.165) is 24.5 Å². The van der Waals surface area contributed by atoms with Gasteiger partial charge in [-0.05, 0) is 36.5 Å². The molecule has 4 nitrogen and oxygen atoms in total. The average molecular weight is 277 g/mol. The molecular weight excluding hydrogens is 254 g/mol. The molecule has 1 saturated carbocycles. The fourth-order valence-electron chi connectivity index (χ4n) is 3.89. The van der Waals surface area contributed by atoms with Gasteiger partial charge in [-0.2, -0.15) is 5.06 Å². The topological polar surface area (TPSA) is 41.9 Å². The van der Waals surface area contributed by atoms with E-state index in [4.69, 9.17) is 9.47 Å². The van der Waals surface area contributed by atoms with Crippen molar-refractivity contribution in [2.75, 3.05) is 20.8 Å².